The first-order valence-corrected chi connectivity index (χ1v) is 10.3. The van der Waals surface area contributed by atoms with E-state index in [0.29, 0.717) is 34.8 Å². The molecule has 0 saturated heterocycles. The number of carbonyl (C=O) groups is 1. The third-order valence-electron chi connectivity index (χ3n) is 4.88. The van der Waals surface area contributed by atoms with Crippen LogP contribution in [0.2, 0.25) is 0 Å². The number of ether oxygens (including phenoxy) is 4. The van der Waals surface area contributed by atoms with Crippen molar-refractivity contribution in [2.45, 2.75) is 13.8 Å². The van der Waals surface area contributed by atoms with Crippen LogP contribution in [0.1, 0.15) is 23.0 Å². The number of hydrogen-bond donors (Lipinski definition) is 0. The maximum Gasteiger partial charge on any atom is 0.343 e. The zero-order valence-corrected chi connectivity index (χ0v) is 18.4. The Morgan fingerprint density at radius 3 is 2.33 bits per heavy atom. The molecule has 0 aliphatic rings. The molecule has 0 aliphatic heterocycles. The van der Waals surface area contributed by atoms with Crippen LogP contribution >= 0.6 is 0 Å². The van der Waals surface area contributed by atoms with Crippen molar-refractivity contribution in [3.63, 3.8) is 0 Å². The molecule has 0 radical (unpaired) electrons. The molecule has 4 aromatic rings. The molecule has 0 N–H and O–H groups in total. The Balaban J connectivity index is 1.62. The normalized spacial score (nSPS) is 10.6. The number of benzene rings is 3. The lowest BCUT2D eigenvalue weighted by molar-refractivity contribution is 0.0735. The summed E-state index contributed by atoms with van der Waals surface area (Å²) in [5.74, 6) is 1.65. The molecule has 0 aliphatic carbocycles. The summed E-state index contributed by atoms with van der Waals surface area (Å²) in [7, 11) is 1.55. The SMILES string of the molecule is CCOc1ccccc1Oc1c(C)oc2cc(OC(=O)c3ccc(OC)cc3)ccc2c1=O. The van der Waals surface area contributed by atoms with E-state index in [4.69, 9.17) is 23.4 Å². The summed E-state index contributed by atoms with van der Waals surface area (Å²) >= 11 is 0. The fraction of sp³-hybridized carbons (Fsp3) is 0.154. The summed E-state index contributed by atoms with van der Waals surface area (Å²) < 4.78 is 27.8. The second-order valence-electron chi connectivity index (χ2n) is 7.07. The van der Waals surface area contributed by atoms with Crippen molar-refractivity contribution in [1.29, 1.82) is 0 Å². The van der Waals surface area contributed by atoms with E-state index in [9.17, 15) is 9.59 Å². The lowest BCUT2D eigenvalue weighted by atomic mass is 10.2. The molecule has 7 heteroatoms. The minimum absolute atomic E-state index is 0.0673. The van der Waals surface area contributed by atoms with Gasteiger partial charge in [0, 0.05) is 6.07 Å². The molecular formula is C26H22O7. The molecule has 1 heterocycles. The van der Waals surface area contributed by atoms with Gasteiger partial charge in [-0.25, -0.2) is 4.79 Å². The van der Waals surface area contributed by atoms with E-state index >= 15 is 0 Å². The van der Waals surface area contributed by atoms with Gasteiger partial charge < -0.3 is 23.4 Å². The molecule has 0 saturated carbocycles. The van der Waals surface area contributed by atoms with E-state index in [1.165, 1.54) is 12.1 Å². The van der Waals surface area contributed by atoms with Gasteiger partial charge in [0.25, 0.3) is 0 Å². The maximum atomic E-state index is 13.1. The molecule has 4 rings (SSSR count). The number of fused-ring (bicyclic) bond motifs is 1. The van der Waals surface area contributed by atoms with Crippen LogP contribution in [-0.2, 0) is 0 Å². The minimum atomic E-state index is -0.538. The van der Waals surface area contributed by atoms with Crippen molar-refractivity contribution >= 4 is 16.9 Å². The van der Waals surface area contributed by atoms with Gasteiger partial charge in [-0.3, -0.25) is 4.79 Å². The third-order valence-corrected chi connectivity index (χ3v) is 4.88. The average Bonchev–Trinajstić information content (AvgIpc) is 2.83. The van der Waals surface area contributed by atoms with Crippen molar-refractivity contribution < 1.29 is 28.2 Å². The first kappa shape index (κ1) is 22.0. The zero-order valence-electron chi connectivity index (χ0n) is 18.4. The summed E-state index contributed by atoms with van der Waals surface area (Å²) in [5, 5.41) is 0.300. The highest BCUT2D eigenvalue weighted by Crippen LogP contribution is 2.33. The highest BCUT2D eigenvalue weighted by atomic mass is 16.5. The van der Waals surface area contributed by atoms with Crippen LogP contribution in [0.4, 0.5) is 0 Å². The summed E-state index contributed by atoms with van der Waals surface area (Å²) in [5.41, 5.74) is 0.307. The van der Waals surface area contributed by atoms with Gasteiger partial charge in [0.2, 0.25) is 11.2 Å². The van der Waals surface area contributed by atoms with Crippen LogP contribution in [-0.4, -0.2) is 19.7 Å². The van der Waals surface area contributed by atoms with E-state index in [2.05, 4.69) is 0 Å². The highest BCUT2D eigenvalue weighted by Gasteiger charge is 2.17. The molecule has 0 atom stereocenters. The zero-order chi connectivity index (χ0) is 23.4. The fourth-order valence-corrected chi connectivity index (χ4v) is 3.26. The Morgan fingerprint density at radius 1 is 0.939 bits per heavy atom. The van der Waals surface area contributed by atoms with Gasteiger partial charge in [-0.15, -0.1) is 0 Å². The van der Waals surface area contributed by atoms with Crippen LogP contribution in [0.25, 0.3) is 11.0 Å². The van der Waals surface area contributed by atoms with Crippen molar-refractivity contribution in [2.75, 3.05) is 13.7 Å². The highest BCUT2D eigenvalue weighted by molar-refractivity contribution is 5.91. The van der Waals surface area contributed by atoms with Gasteiger partial charge in [0.1, 0.15) is 22.8 Å². The number of methoxy groups -OCH3 is 1. The van der Waals surface area contributed by atoms with Crippen molar-refractivity contribution in [2.24, 2.45) is 0 Å². The largest absolute Gasteiger partial charge is 0.497 e. The number of carbonyl (C=O) groups excluding carboxylic acids is 1. The fourth-order valence-electron chi connectivity index (χ4n) is 3.26. The number of aryl methyl sites for hydroxylation is 1. The second-order valence-corrected chi connectivity index (χ2v) is 7.07. The first-order chi connectivity index (χ1) is 16.0. The first-order valence-electron chi connectivity index (χ1n) is 10.3. The molecule has 7 nitrogen and oxygen atoms in total. The Hall–Kier alpha value is -4.26. The second kappa shape index (κ2) is 9.48. The Bertz CT molecular complexity index is 1350. The Kier molecular flexibility index (Phi) is 6.31. The van der Waals surface area contributed by atoms with Gasteiger partial charge in [0.05, 0.1) is 24.7 Å². The van der Waals surface area contributed by atoms with Gasteiger partial charge in [-0.05, 0) is 62.4 Å². The lowest BCUT2D eigenvalue weighted by Gasteiger charge is -2.13. The monoisotopic (exact) mass is 446 g/mol. The molecular weight excluding hydrogens is 424 g/mol. The molecule has 168 valence electrons. The minimum Gasteiger partial charge on any atom is -0.497 e. The predicted octanol–water partition coefficient (Wildman–Crippen LogP) is 5.52. The van der Waals surface area contributed by atoms with Crippen LogP contribution in [0.3, 0.4) is 0 Å². The van der Waals surface area contributed by atoms with Crippen LogP contribution in [0.5, 0.6) is 28.7 Å². The maximum absolute atomic E-state index is 13.1. The quantitative estimate of drug-likeness (QED) is 0.273. The van der Waals surface area contributed by atoms with E-state index in [0.717, 1.165) is 0 Å². The van der Waals surface area contributed by atoms with Gasteiger partial charge >= 0.3 is 5.97 Å². The number of hydrogen-bond acceptors (Lipinski definition) is 7. The summed E-state index contributed by atoms with van der Waals surface area (Å²) in [4.78, 5) is 25.5. The summed E-state index contributed by atoms with van der Waals surface area (Å²) in [6.07, 6.45) is 0. The van der Waals surface area contributed by atoms with E-state index in [1.54, 1.807) is 62.6 Å². The molecule has 0 spiro atoms. The van der Waals surface area contributed by atoms with Gasteiger partial charge in [0.15, 0.2) is 11.5 Å². The molecule has 0 fully saturated rings. The van der Waals surface area contributed by atoms with E-state index < -0.39 is 5.97 Å². The van der Waals surface area contributed by atoms with E-state index in [1.807, 2.05) is 13.0 Å². The molecule has 1 aromatic heterocycles. The molecule has 0 unspecified atom stereocenters. The van der Waals surface area contributed by atoms with E-state index in [-0.39, 0.29) is 28.3 Å². The topological polar surface area (TPSA) is 84.2 Å². The summed E-state index contributed by atoms with van der Waals surface area (Å²) in [6.45, 7) is 3.96. The predicted molar refractivity (Wildman–Crippen MR) is 123 cm³/mol. The van der Waals surface area contributed by atoms with Crippen molar-refractivity contribution in [3.8, 4) is 28.7 Å². The smallest absolute Gasteiger partial charge is 0.343 e. The van der Waals surface area contributed by atoms with Crippen molar-refractivity contribution in [3.05, 3.63) is 88.3 Å². The van der Waals surface area contributed by atoms with Gasteiger partial charge in [-0.2, -0.15) is 0 Å². The lowest BCUT2D eigenvalue weighted by Crippen LogP contribution is -2.10. The number of para-hydroxylation sites is 2. The number of esters is 1. The average molecular weight is 446 g/mol. The molecule has 3 aromatic carbocycles. The Morgan fingerprint density at radius 2 is 1.64 bits per heavy atom. The molecule has 33 heavy (non-hydrogen) atoms. The van der Waals surface area contributed by atoms with Crippen molar-refractivity contribution in [1.82, 2.24) is 0 Å². The summed E-state index contributed by atoms with van der Waals surface area (Å²) in [6, 6.07) is 18.2. The molecule has 0 amide bonds. The van der Waals surface area contributed by atoms with Crippen LogP contribution in [0.15, 0.2) is 75.9 Å². The van der Waals surface area contributed by atoms with Gasteiger partial charge in [-0.1, -0.05) is 12.1 Å². The van der Waals surface area contributed by atoms with Crippen LogP contribution in [0, 0.1) is 6.92 Å². The Labute approximate surface area is 190 Å². The number of rotatable bonds is 7. The third kappa shape index (κ3) is 4.67. The molecule has 0 bridgehead atoms. The standard InChI is InChI=1S/C26H22O7/c1-4-30-21-7-5-6-8-22(21)33-25-16(2)31-23-15-19(13-14-20(23)24(25)27)32-26(28)17-9-11-18(29-3)12-10-17/h5-15H,4H2,1-3H3. The van der Waals surface area contributed by atoms with Crippen LogP contribution < -0.4 is 24.4 Å².